The number of esters is 1. The van der Waals surface area contributed by atoms with Crippen molar-refractivity contribution >= 4 is 21.7 Å². The number of carbonyl (C=O) groups is 1. The maximum Gasteiger partial charge on any atom is 0.338 e. The number of anilines is 1. The summed E-state index contributed by atoms with van der Waals surface area (Å²) in [5, 5.41) is 0. The van der Waals surface area contributed by atoms with Crippen molar-refractivity contribution in [3.63, 3.8) is 0 Å². The molecule has 0 spiro atoms. The Morgan fingerprint density at radius 1 is 0.906 bits per heavy atom. The zero-order valence-corrected chi connectivity index (χ0v) is 19.2. The number of rotatable bonds is 8. The van der Waals surface area contributed by atoms with E-state index < -0.39 is 16.0 Å². The smallest absolute Gasteiger partial charge is 0.338 e. The van der Waals surface area contributed by atoms with Gasteiger partial charge in [-0.05, 0) is 55.5 Å². The first-order valence-corrected chi connectivity index (χ1v) is 11.2. The highest BCUT2D eigenvalue weighted by Crippen LogP contribution is 2.31. The van der Waals surface area contributed by atoms with Crippen molar-refractivity contribution in [2.45, 2.75) is 18.4 Å². The Labute approximate surface area is 188 Å². The fourth-order valence-corrected chi connectivity index (χ4v) is 4.39. The molecule has 0 aliphatic carbocycles. The molecule has 3 aromatic carbocycles. The average Bonchev–Trinajstić information content (AvgIpc) is 2.82. The molecule has 3 aromatic rings. The number of aryl methyl sites for hydroxylation is 1. The van der Waals surface area contributed by atoms with Crippen LogP contribution < -0.4 is 13.8 Å². The lowest BCUT2D eigenvalue weighted by atomic mass is 10.1. The summed E-state index contributed by atoms with van der Waals surface area (Å²) in [6.07, 6.45) is 0. The molecule has 168 valence electrons. The van der Waals surface area contributed by atoms with Gasteiger partial charge < -0.3 is 14.2 Å². The van der Waals surface area contributed by atoms with Gasteiger partial charge in [-0.3, -0.25) is 4.31 Å². The van der Waals surface area contributed by atoms with E-state index in [4.69, 9.17) is 14.2 Å². The first-order valence-electron chi connectivity index (χ1n) is 9.80. The number of ether oxygens (including phenoxy) is 3. The predicted octanol–water partition coefficient (Wildman–Crippen LogP) is 4.19. The Bertz CT molecular complexity index is 1210. The van der Waals surface area contributed by atoms with E-state index in [1.165, 1.54) is 38.4 Å². The zero-order chi connectivity index (χ0) is 23.3. The standard InChI is InChI=1S/C24H25NO6S/c1-17-9-14-22(29-3)19(15-17)16-31-24(26)18-10-12-20(13-11-18)32(27,28)25(2)21-7-5-6-8-23(21)30-4/h5-15H,16H2,1-4H3. The van der Waals surface area contributed by atoms with Gasteiger partial charge in [0.15, 0.2) is 0 Å². The van der Waals surface area contributed by atoms with Crippen LogP contribution in [0.5, 0.6) is 11.5 Å². The van der Waals surface area contributed by atoms with E-state index in [0.29, 0.717) is 17.2 Å². The van der Waals surface area contributed by atoms with Crippen molar-refractivity contribution in [2.24, 2.45) is 0 Å². The Balaban J connectivity index is 1.75. The number of hydrogen-bond acceptors (Lipinski definition) is 6. The van der Waals surface area contributed by atoms with Crippen molar-refractivity contribution < 1.29 is 27.4 Å². The van der Waals surface area contributed by atoms with E-state index in [-0.39, 0.29) is 17.1 Å². The lowest BCUT2D eigenvalue weighted by molar-refractivity contribution is 0.0470. The second-order valence-electron chi connectivity index (χ2n) is 7.06. The minimum atomic E-state index is -3.85. The minimum absolute atomic E-state index is 0.0419. The van der Waals surface area contributed by atoms with E-state index in [0.717, 1.165) is 15.4 Å². The van der Waals surface area contributed by atoms with Crippen LogP contribution in [0.15, 0.2) is 71.6 Å². The highest BCUT2D eigenvalue weighted by atomic mass is 32.2. The molecule has 0 bridgehead atoms. The quantitative estimate of drug-likeness (QED) is 0.474. The highest BCUT2D eigenvalue weighted by Gasteiger charge is 2.24. The summed E-state index contributed by atoms with van der Waals surface area (Å²) >= 11 is 0. The van der Waals surface area contributed by atoms with E-state index in [2.05, 4.69) is 0 Å². The van der Waals surface area contributed by atoms with Crippen LogP contribution in [0, 0.1) is 6.92 Å². The Kier molecular flexibility index (Phi) is 7.05. The molecule has 0 amide bonds. The van der Waals surface area contributed by atoms with Crippen molar-refractivity contribution in [3.05, 3.63) is 83.4 Å². The van der Waals surface area contributed by atoms with Gasteiger partial charge in [0.25, 0.3) is 10.0 Å². The van der Waals surface area contributed by atoms with Crippen LogP contribution in [-0.4, -0.2) is 35.7 Å². The van der Waals surface area contributed by atoms with Gasteiger partial charge in [0, 0.05) is 12.6 Å². The third-order valence-electron chi connectivity index (χ3n) is 4.97. The van der Waals surface area contributed by atoms with Gasteiger partial charge in [0.2, 0.25) is 0 Å². The van der Waals surface area contributed by atoms with E-state index in [1.54, 1.807) is 31.4 Å². The van der Waals surface area contributed by atoms with Gasteiger partial charge in [0.1, 0.15) is 18.1 Å². The molecule has 0 atom stereocenters. The summed E-state index contributed by atoms with van der Waals surface area (Å²) in [4.78, 5) is 12.5. The summed E-state index contributed by atoms with van der Waals surface area (Å²) in [5.74, 6) is 0.505. The van der Waals surface area contributed by atoms with Crippen LogP contribution in [0.4, 0.5) is 5.69 Å². The monoisotopic (exact) mass is 455 g/mol. The largest absolute Gasteiger partial charge is 0.496 e. The molecule has 8 heteroatoms. The van der Waals surface area contributed by atoms with E-state index in [1.807, 2.05) is 25.1 Å². The number of nitrogens with zero attached hydrogens (tertiary/aromatic N) is 1. The maximum atomic E-state index is 13.0. The molecule has 0 aliphatic rings. The molecular weight excluding hydrogens is 430 g/mol. The van der Waals surface area contributed by atoms with Gasteiger partial charge >= 0.3 is 5.97 Å². The lowest BCUT2D eigenvalue weighted by Crippen LogP contribution is -2.27. The van der Waals surface area contributed by atoms with Crippen molar-refractivity contribution in [2.75, 3.05) is 25.6 Å². The molecule has 0 aromatic heterocycles. The maximum absolute atomic E-state index is 13.0. The molecule has 0 radical (unpaired) electrons. The Morgan fingerprint density at radius 3 is 2.22 bits per heavy atom. The fourth-order valence-electron chi connectivity index (χ4n) is 3.19. The molecule has 32 heavy (non-hydrogen) atoms. The molecule has 0 fully saturated rings. The summed E-state index contributed by atoms with van der Waals surface area (Å²) < 4.78 is 43.2. The van der Waals surface area contributed by atoms with Gasteiger partial charge in [-0.15, -0.1) is 0 Å². The summed E-state index contributed by atoms with van der Waals surface area (Å²) in [7, 11) is 0.629. The molecule has 0 N–H and O–H groups in total. The summed E-state index contributed by atoms with van der Waals surface area (Å²) in [6, 6.07) is 18.1. The Morgan fingerprint density at radius 2 is 1.56 bits per heavy atom. The first kappa shape index (κ1) is 23.1. The summed E-state index contributed by atoms with van der Waals surface area (Å²) in [5.41, 5.74) is 2.42. The lowest BCUT2D eigenvalue weighted by Gasteiger charge is -2.21. The van der Waals surface area contributed by atoms with Crippen LogP contribution >= 0.6 is 0 Å². The zero-order valence-electron chi connectivity index (χ0n) is 18.4. The number of methoxy groups -OCH3 is 2. The van der Waals surface area contributed by atoms with Gasteiger partial charge in [-0.25, -0.2) is 13.2 Å². The fraction of sp³-hybridized carbons (Fsp3) is 0.208. The molecular formula is C24H25NO6S. The number of sulfonamides is 1. The van der Waals surface area contributed by atoms with Crippen LogP contribution in [0.25, 0.3) is 0 Å². The van der Waals surface area contributed by atoms with E-state index >= 15 is 0 Å². The molecule has 0 heterocycles. The summed E-state index contributed by atoms with van der Waals surface area (Å²) in [6.45, 7) is 1.98. The van der Waals surface area contributed by atoms with Crippen LogP contribution in [0.2, 0.25) is 0 Å². The van der Waals surface area contributed by atoms with Crippen molar-refractivity contribution in [1.82, 2.24) is 0 Å². The average molecular weight is 456 g/mol. The molecule has 0 saturated heterocycles. The van der Waals surface area contributed by atoms with Crippen molar-refractivity contribution in [3.8, 4) is 11.5 Å². The second kappa shape index (κ2) is 9.74. The molecule has 0 unspecified atom stereocenters. The molecule has 7 nitrogen and oxygen atoms in total. The van der Waals surface area contributed by atoms with E-state index in [9.17, 15) is 13.2 Å². The SMILES string of the molecule is COc1ccc(C)cc1COC(=O)c1ccc(S(=O)(=O)N(C)c2ccccc2OC)cc1. The third-order valence-corrected chi connectivity index (χ3v) is 6.75. The minimum Gasteiger partial charge on any atom is -0.496 e. The normalized spacial score (nSPS) is 11.0. The highest BCUT2D eigenvalue weighted by molar-refractivity contribution is 7.92. The van der Waals surface area contributed by atoms with Gasteiger partial charge in [-0.2, -0.15) is 0 Å². The first-order chi connectivity index (χ1) is 15.3. The number of carbonyl (C=O) groups excluding carboxylic acids is 1. The number of hydrogen-bond donors (Lipinski definition) is 0. The second-order valence-corrected chi connectivity index (χ2v) is 9.03. The third kappa shape index (κ3) is 4.86. The van der Waals surface area contributed by atoms with Crippen LogP contribution in [0.3, 0.4) is 0 Å². The topological polar surface area (TPSA) is 82.1 Å². The van der Waals surface area contributed by atoms with Crippen LogP contribution in [-0.2, 0) is 21.4 Å². The van der Waals surface area contributed by atoms with Gasteiger partial charge in [0.05, 0.1) is 30.4 Å². The molecule has 3 rings (SSSR count). The van der Waals surface area contributed by atoms with Crippen molar-refractivity contribution in [1.29, 1.82) is 0 Å². The van der Waals surface area contributed by atoms with Crippen LogP contribution in [0.1, 0.15) is 21.5 Å². The van der Waals surface area contributed by atoms with Gasteiger partial charge in [-0.1, -0.05) is 23.8 Å². The molecule has 0 saturated carbocycles. The Hall–Kier alpha value is -3.52. The number of benzene rings is 3. The number of para-hydroxylation sites is 2. The molecule has 0 aliphatic heterocycles. The predicted molar refractivity (Wildman–Crippen MR) is 122 cm³/mol.